The Morgan fingerprint density at radius 2 is 1.95 bits per heavy atom. The second-order valence-electron chi connectivity index (χ2n) is 5.00. The Hall–Kier alpha value is -2.21. The summed E-state index contributed by atoms with van der Waals surface area (Å²) in [6.45, 7) is 1.90. The Kier molecular flexibility index (Phi) is 3.25. The van der Waals surface area contributed by atoms with Crippen molar-refractivity contribution in [3.63, 3.8) is 0 Å². The fourth-order valence-corrected chi connectivity index (χ4v) is 3.24. The predicted molar refractivity (Wildman–Crippen MR) is 81.2 cm³/mol. The van der Waals surface area contributed by atoms with Gasteiger partial charge < -0.3 is 4.90 Å². The van der Waals surface area contributed by atoms with E-state index in [1.54, 1.807) is 31.1 Å². The van der Waals surface area contributed by atoms with Crippen LogP contribution >= 0.6 is 11.3 Å². The molecule has 0 saturated heterocycles. The number of carbonyl (C=O) groups excluding carboxylic acids is 1. The first kappa shape index (κ1) is 13.8. The van der Waals surface area contributed by atoms with Gasteiger partial charge in [0.05, 0.1) is 5.69 Å². The van der Waals surface area contributed by atoms with Gasteiger partial charge in [0.15, 0.2) is 4.96 Å². The molecular weight excluding hydrogens is 289 g/mol. The molecule has 0 N–H and O–H groups in total. The molecule has 2 heterocycles. The molecule has 0 saturated carbocycles. The third-order valence-corrected chi connectivity index (χ3v) is 4.44. The average molecular weight is 303 g/mol. The van der Waals surface area contributed by atoms with Crippen molar-refractivity contribution in [2.45, 2.75) is 6.92 Å². The van der Waals surface area contributed by atoms with Crippen molar-refractivity contribution in [1.82, 2.24) is 14.3 Å². The van der Waals surface area contributed by atoms with Crippen LogP contribution in [0.2, 0.25) is 0 Å². The Labute approximate surface area is 125 Å². The number of aromatic nitrogens is 2. The molecule has 6 heteroatoms. The van der Waals surface area contributed by atoms with E-state index >= 15 is 0 Å². The molecule has 1 aromatic carbocycles. The van der Waals surface area contributed by atoms with E-state index in [9.17, 15) is 9.18 Å². The summed E-state index contributed by atoms with van der Waals surface area (Å²) in [5, 5.41) is 0. The number of imidazole rings is 1. The number of aryl methyl sites for hydroxylation is 1. The lowest BCUT2D eigenvalue weighted by Gasteiger charge is -2.08. The highest BCUT2D eigenvalue weighted by Crippen LogP contribution is 2.27. The maximum Gasteiger partial charge on any atom is 0.265 e. The molecule has 0 aliphatic carbocycles. The summed E-state index contributed by atoms with van der Waals surface area (Å²) < 4.78 is 14.9. The van der Waals surface area contributed by atoms with E-state index in [0.29, 0.717) is 4.88 Å². The molecule has 2 aromatic heterocycles. The van der Waals surface area contributed by atoms with Crippen LogP contribution in [0.1, 0.15) is 15.4 Å². The lowest BCUT2D eigenvalue weighted by atomic mass is 10.2. The van der Waals surface area contributed by atoms with Crippen molar-refractivity contribution in [3.8, 4) is 11.3 Å². The van der Waals surface area contributed by atoms with Gasteiger partial charge in [-0.15, -0.1) is 0 Å². The topological polar surface area (TPSA) is 37.6 Å². The fraction of sp³-hybridized carbons (Fsp3) is 0.200. The standard InChI is InChI=1S/C15H14FN3OS/c1-9-13(14(20)18(2)3)21-15-17-12(8-19(9)15)10-4-6-11(16)7-5-10/h4-8H,1-3H3. The van der Waals surface area contributed by atoms with E-state index in [4.69, 9.17) is 0 Å². The molecule has 0 spiro atoms. The largest absolute Gasteiger partial charge is 0.344 e. The molecule has 0 aliphatic rings. The number of rotatable bonds is 2. The van der Waals surface area contributed by atoms with Crippen LogP contribution < -0.4 is 0 Å². The quantitative estimate of drug-likeness (QED) is 0.729. The Bertz CT molecular complexity index is 817. The number of amides is 1. The molecule has 0 fully saturated rings. The Balaban J connectivity index is 2.06. The Morgan fingerprint density at radius 1 is 1.29 bits per heavy atom. The van der Waals surface area contributed by atoms with E-state index in [2.05, 4.69) is 4.98 Å². The summed E-state index contributed by atoms with van der Waals surface area (Å²) in [6, 6.07) is 6.22. The second kappa shape index (κ2) is 4.96. The molecule has 0 radical (unpaired) electrons. The molecule has 21 heavy (non-hydrogen) atoms. The van der Waals surface area contributed by atoms with Crippen molar-refractivity contribution < 1.29 is 9.18 Å². The van der Waals surface area contributed by atoms with Gasteiger partial charge in [-0.2, -0.15) is 0 Å². The van der Waals surface area contributed by atoms with E-state index < -0.39 is 0 Å². The summed E-state index contributed by atoms with van der Waals surface area (Å²) in [6.07, 6.45) is 1.88. The SMILES string of the molecule is Cc1c(C(=O)N(C)C)sc2nc(-c3ccc(F)cc3)cn12. The maximum atomic E-state index is 13.0. The van der Waals surface area contributed by atoms with E-state index in [0.717, 1.165) is 21.9 Å². The zero-order valence-electron chi connectivity index (χ0n) is 11.9. The number of benzene rings is 1. The van der Waals surface area contributed by atoms with Gasteiger partial charge in [0.1, 0.15) is 10.7 Å². The molecule has 0 aliphatic heterocycles. The number of fused-ring (bicyclic) bond motifs is 1. The average Bonchev–Trinajstić information content (AvgIpc) is 2.99. The van der Waals surface area contributed by atoms with Gasteiger partial charge in [0.2, 0.25) is 0 Å². The van der Waals surface area contributed by atoms with E-state index in [1.165, 1.54) is 23.5 Å². The normalized spacial score (nSPS) is 11.0. The number of halogens is 1. The first-order chi connectivity index (χ1) is 9.97. The third kappa shape index (κ3) is 2.31. The number of nitrogens with zero attached hydrogens (tertiary/aromatic N) is 3. The number of thiazole rings is 1. The van der Waals surface area contributed by atoms with E-state index in [-0.39, 0.29) is 11.7 Å². The predicted octanol–water partition coefficient (Wildman–Crippen LogP) is 3.21. The van der Waals surface area contributed by atoms with Crippen LogP contribution in [-0.4, -0.2) is 34.3 Å². The van der Waals surface area contributed by atoms with Crippen LogP contribution in [0, 0.1) is 12.7 Å². The van der Waals surface area contributed by atoms with Crippen LogP contribution in [0.5, 0.6) is 0 Å². The molecule has 1 amide bonds. The Morgan fingerprint density at radius 3 is 2.52 bits per heavy atom. The highest BCUT2D eigenvalue weighted by molar-refractivity contribution is 7.19. The maximum absolute atomic E-state index is 13.0. The molecule has 3 aromatic rings. The first-order valence-electron chi connectivity index (χ1n) is 6.43. The van der Waals surface area contributed by atoms with Crippen molar-refractivity contribution >= 4 is 22.2 Å². The van der Waals surface area contributed by atoms with Crippen LogP contribution in [0.15, 0.2) is 30.5 Å². The third-order valence-electron chi connectivity index (χ3n) is 3.30. The van der Waals surface area contributed by atoms with E-state index in [1.807, 2.05) is 17.5 Å². The molecule has 4 nitrogen and oxygen atoms in total. The van der Waals surface area contributed by atoms with Gasteiger partial charge in [-0.25, -0.2) is 9.37 Å². The summed E-state index contributed by atoms with van der Waals surface area (Å²) in [4.78, 5) is 19.6. The summed E-state index contributed by atoms with van der Waals surface area (Å²) in [5.74, 6) is -0.291. The van der Waals surface area contributed by atoms with Gasteiger partial charge in [-0.1, -0.05) is 11.3 Å². The minimum Gasteiger partial charge on any atom is -0.344 e. The van der Waals surface area contributed by atoms with Gasteiger partial charge in [0.25, 0.3) is 5.91 Å². The minimum absolute atomic E-state index is 0.0219. The molecule has 0 atom stereocenters. The van der Waals surface area contributed by atoms with Crippen molar-refractivity contribution in [2.24, 2.45) is 0 Å². The highest BCUT2D eigenvalue weighted by Gasteiger charge is 2.19. The molecule has 3 rings (SSSR count). The minimum atomic E-state index is -0.269. The summed E-state index contributed by atoms with van der Waals surface area (Å²) in [7, 11) is 3.46. The fourth-order valence-electron chi connectivity index (χ4n) is 2.11. The van der Waals surface area contributed by atoms with Gasteiger partial charge in [-0.3, -0.25) is 9.20 Å². The monoisotopic (exact) mass is 303 g/mol. The zero-order valence-corrected chi connectivity index (χ0v) is 12.7. The first-order valence-corrected chi connectivity index (χ1v) is 7.25. The molecule has 0 unspecified atom stereocenters. The lowest BCUT2D eigenvalue weighted by molar-refractivity contribution is 0.0831. The molecule has 108 valence electrons. The lowest BCUT2D eigenvalue weighted by Crippen LogP contribution is -2.21. The summed E-state index contributed by atoms with van der Waals surface area (Å²) >= 11 is 1.37. The van der Waals surface area contributed by atoms with Crippen molar-refractivity contribution in [3.05, 3.63) is 46.9 Å². The summed E-state index contributed by atoms with van der Waals surface area (Å²) in [5.41, 5.74) is 2.50. The van der Waals surface area contributed by atoms with Crippen LogP contribution in [0.3, 0.4) is 0 Å². The number of hydrogen-bond donors (Lipinski definition) is 0. The van der Waals surface area contributed by atoms with Crippen LogP contribution in [0.25, 0.3) is 16.2 Å². The van der Waals surface area contributed by atoms with Gasteiger partial charge in [-0.05, 0) is 31.2 Å². The molecule has 0 bridgehead atoms. The van der Waals surface area contributed by atoms with Crippen molar-refractivity contribution in [1.29, 1.82) is 0 Å². The molecular formula is C15H14FN3OS. The zero-order chi connectivity index (χ0) is 15.1. The second-order valence-corrected chi connectivity index (χ2v) is 5.98. The smallest absolute Gasteiger partial charge is 0.265 e. The van der Waals surface area contributed by atoms with Crippen molar-refractivity contribution in [2.75, 3.05) is 14.1 Å². The van der Waals surface area contributed by atoms with Crippen LogP contribution in [0.4, 0.5) is 4.39 Å². The highest BCUT2D eigenvalue weighted by atomic mass is 32.1. The number of carbonyl (C=O) groups is 1. The van der Waals surface area contributed by atoms with Crippen LogP contribution in [-0.2, 0) is 0 Å². The van der Waals surface area contributed by atoms with Gasteiger partial charge in [0, 0.05) is 31.5 Å². The number of hydrogen-bond acceptors (Lipinski definition) is 3. The van der Waals surface area contributed by atoms with Gasteiger partial charge >= 0.3 is 0 Å².